The van der Waals surface area contributed by atoms with E-state index in [1.807, 2.05) is 20.8 Å². The summed E-state index contributed by atoms with van der Waals surface area (Å²) in [7, 11) is 0. The Morgan fingerprint density at radius 3 is 2.67 bits per heavy atom. The minimum absolute atomic E-state index is 0.0628. The lowest BCUT2D eigenvalue weighted by atomic mass is 10.0. The van der Waals surface area contributed by atoms with Gasteiger partial charge in [0.1, 0.15) is 11.6 Å². The van der Waals surface area contributed by atoms with Crippen LogP contribution in [0.25, 0.3) is 0 Å². The molecule has 5 nitrogen and oxygen atoms in total. The zero-order valence-corrected chi connectivity index (χ0v) is 12.0. The molecule has 1 rings (SSSR count). The first-order chi connectivity index (χ1) is 8.26. The lowest BCUT2D eigenvalue weighted by Crippen LogP contribution is -2.45. The van der Waals surface area contributed by atoms with Crippen LogP contribution in [0.5, 0.6) is 0 Å². The van der Waals surface area contributed by atoms with E-state index >= 15 is 0 Å². The third-order valence-electron chi connectivity index (χ3n) is 2.62. The lowest BCUT2D eigenvalue weighted by Gasteiger charge is -2.24. The van der Waals surface area contributed by atoms with Gasteiger partial charge in [-0.1, -0.05) is 30.1 Å². The van der Waals surface area contributed by atoms with Crippen molar-refractivity contribution in [3.8, 4) is 0 Å². The monoisotopic (exact) mass is 291 g/mol. The molecule has 1 N–H and O–H groups in total. The molecule has 1 aromatic rings. The summed E-state index contributed by atoms with van der Waals surface area (Å²) in [5.41, 5.74) is -0.842. The number of halogens is 2. The van der Waals surface area contributed by atoms with Gasteiger partial charge in [-0.25, -0.2) is 4.98 Å². The molecule has 0 aliphatic heterocycles. The summed E-state index contributed by atoms with van der Waals surface area (Å²) in [6.07, 6.45) is 1.99. The molecule has 0 saturated heterocycles. The van der Waals surface area contributed by atoms with Crippen molar-refractivity contribution in [2.75, 3.05) is 0 Å². The molecule has 0 spiro atoms. The van der Waals surface area contributed by atoms with Crippen LogP contribution in [0.4, 0.5) is 0 Å². The first kappa shape index (κ1) is 15.0. The fourth-order valence-corrected chi connectivity index (χ4v) is 1.50. The summed E-state index contributed by atoms with van der Waals surface area (Å²) < 4.78 is 1.12. The summed E-state index contributed by atoms with van der Waals surface area (Å²) in [6, 6.07) is 0. The molecule has 0 radical (unpaired) electrons. The van der Waals surface area contributed by atoms with Crippen LogP contribution in [0.3, 0.4) is 0 Å². The van der Waals surface area contributed by atoms with Gasteiger partial charge in [-0.2, -0.15) is 0 Å². The highest BCUT2D eigenvalue weighted by molar-refractivity contribution is 6.40. The molecule has 1 amide bonds. The van der Waals surface area contributed by atoms with Crippen LogP contribution in [0, 0.1) is 0 Å². The van der Waals surface area contributed by atoms with Crippen LogP contribution in [-0.2, 0) is 11.3 Å². The molecule has 0 unspecified atom stereocenters. The number of carbonyl (C=O) groups excluding carboxylic acids is 1. The first-order valence-electron chi connectivity index (χ1n) is 5.48. The Balaban J connectivity index is 2.84. The van der Waals surface area contributed by atoms with Crippen molar-refractivity contribution in [1.29, 1.82) is 0 Å². The van der Waals surface area contributed by atoms with E-state index in [0.29, 0.717) is 0 Å². The summed E-state index contributed by atoms with van der Waals surface area (Å²) in [4.78, 5) is 27.2. The molecule has 0 aromatic carbocycles. The molecule has 0 fully saturated rings. The second-order valence-corrected chi connectivity index (χ2v) is 5.30. The highest BCUT2D eigenvalue weighted by atomic mass is 35.5. The lowest BCUT2D eigenvalue weighted by molar-refractivity contribution is -0.123. The molecule has 7 heteroatoms. The Morgan fingerprint density at radius 1 is 1.50 bits per heavy atom. The molecular weight excluding hydrogens is 277 g/mol. The van der Waals surface area contributed by atoms with Crippen LogP contribution in [0.2, 0.25) is 10.2 Å². The van der Waals surface area contributed by atoms with E-state index in [0.717, 1.165) is 11.0 Å². The van der Waals surface area contributed by atoms with Gasteiger partial charge in [-0.3, -0.25) is 14.2 Å². The maximum Gasteiger partial charge on any atom is 0.274 e. The van der Waals surface area contributed by atoms with Crippen LogP contribution in [0.15, 0.2) is 11.1 Å². The van der Waals surface area contributed by atoms with Crippen LogP contribution in [0.1, 0.15) is 27.2 Å². The third-order valence-corrected chi connectivity index (χ3v) is 3.34. The molecule has 1 heterocycles. The number of aromatic nitrogens is 2. The molecule has 0 aliphatic rings. The fourth-order valence-electron chi connectivity index (χ4n) is 1.22. The van der Waals surface area contributed by atoms with Crippen molar-refractivity contribution >= 4 is 29.1 Å². The number of hydrogen-bond acceptors (Lipinski definition) is 3. The SMILES string of the molecule is CCC(C)(C)NC(=O)Cn1cnc(Cl)c(Cl)c1=O. The topological polar surface area (TPSA) is 64.0 Å². The van der Waals surface area contributed by atoms with Crippen molar-refractivity contribution in [2.24, 2.45) is 0 Å². The Morgan fingerprint density at radius 2 is 2.11 bits per heavy atom. The van der Waals surface area contributed by atoms with Gasteiger partial charge >= 0.3 is 0 Å². The zero-order chi connectivity index (χ0) is 13.9. The van der Waals surface area contributed by atoms with Crippen LogP contribution in [-0.4, -0.2) is 21.0 Å². The van der Waals surface area contributed by atoms with E-state index in [1.54, 1.807) is 0 Å². The number of rotatable bonds is 4. The van der Waals surface area contributed by atoms with Gasteiger partial charge in [0.15, 0.2) is 5.15 Å². The van der Waals surface area contributed by atoms with E-state index in [1.165, 1.54) is 6.33 Å². The maximum atomic E-state index is 11.8. The highest BCUT2D eigenvalue weighted by Crippen LogP contribution is 2.12. The number of nitrogens with one attached hydrogen (secondary N) is 1. The average molecular weight is 292 g/mol. The second-order valence-electron chi connectivity index (χ2n) is 4.57. The third kappa shape index (κ3) is 3.71. The maximum absolute atomic E-state index is 11.8. The summed E-state index contributed by atoms with van der Waals surface area (Å²) >= 11 is 11.3. The van der Waals surface area contributed by atoms with Gasteiger partial charge in [-0.15, -0.1) is 0 Å². The molecule has 0 atom stereocenters. The Hall–Kier alpha value is -1.07. The van der Waals surface area contributed by atoms with Crippen molar-refractivity contribution in [3.05, 3.63) is 26.9 Å². The smallest absolute Gasteiger partial charge is 0.274 e. The van der Waals surface area contributed by atoms with Gasteiger partial charge in [0.05, 0.1) is 6.33 Å². The van der Waals surface area contributed by atoms with Gasteiger partial charge in [0.25, 0.3) is 5.56 Å². The molecular formula is C11H15Cl2N3O2. The van der Waals surface area contributed by atoms with Gasteiger partial charge in [0.2, 0.25) is 5.91 Å². The standard InChI is InChI=1S/C11H15Cl2N3O2/c1-4-11(2,3)15-7(17)5-16-6-14-9(13)8(12)10(16)18/h6H,4-5H2,1-3H3,(H,15,17). The Kier molecular flexibility index (Phi) is 4.76. The Labute approximate surface area is 115 Å². The fraction of sp³-hybridized carbons (Fsp3) is 0.545. The van der Waals surface area contributed by atoms with E-state index in [9.17, 15) is 9.59 Å². The number of carbonyl (C=O) groups is 1. The van der Waals surface area contributed by atoms with Crippen LogP contribution < -0.4 is 10.9 Å². The van der Waals surface area contributed by atoms with Crippen LogP contribution >= 0.6 is 23.2 Å². The highest BCUT2D eigenvalue weighted by Gasteiger charge is 2.18. The number of hydrogen-bond donors (Lipinski definition) is 1. The molecule has 1 aromatic heterocycles. The largest absolute Gasteiger partial charge is 0.350 e. The molecule has 0 aliphatic carbocycles. The van der Waals surface area contributed by atoms with Crippen molar-refractivity contribution in [1.82, 2.24) is 14.9 Å². The van der Waals surface area contributed by atoms with Crippen molar-refractivity contribution in [2.45, 2.75) is 39.3 Å². The number of nitrogens with zero attached hydrogens (tertiary/aromatic N) is 2. The second kappa shape index (κ2) is 5.71. The number of amides is 1. The van der Waals surface area contributed by atoms with E-state index in [2.05, 4.69) is 10.3 Å². The predicted molar refractivity (Wildman–Crippen MR) is 71.0 cm³/mol. The Bertz CT molecular complexity index is 512. The van der Waals surface area contributed by atoms with Gasteiger partial charge in [-0.05, 0) is 20.3 Å². The van der Waals surface area contributed by atoms with E-state index in [4.69, 9.17) is 23.2 Å². The quantitative estimate of drug-likeness (QED) is 0.861. The van der Waals surface area contributed by atoms with Gasteiger partial charge < -0.3 is 5.32 Å². The first-order valence-corrected chi connectivity index (χ1v) is 6.24. The molecule has 0 bridgehead atoms. The van der Waals surface area contributed by atoms with Crippen molar-refractivity contribution < 1.29 is 4.79 Å². The summed E-state index contributed by atoms with van der Waals surface area (Å²) in [6.45, 7) is 5.64. The van der Waals surface area contributed by atoms with E-state index < -0.39 is 5.56 Å². The summed E-state index contributed by atoms with van der Waals surface area (Å²) in [5, 5.41) is 2.57. The van der Waals surface area contributed by atoms with E-state index in [-0.39, 0.29) is 28.2 Å². The van der Waals surface area contributed by atoms with Gasteiger partial charge in [0, 0.05) is 5.54 Å². The molecule has 0 saturated carbocycles. The minimum atomic E-state index is -0.527. The zero-order valence-electron chi connectivity index (χ0n) is 10.5. The molecule has 18 heavy (non-hydrogen) atoms. The van der Waals surface area contributed by atoms with Crippen molar-refractivity contribution in [3.63, 3.8) is 0 Å². The summed E-state index contributed by atoms with van der Waals surface area (Å²) in [5.74, 6) is -0.274. The predicted octanol–water partition coefficient (Wildman–Crippen LogP) is 1.85. The minimum Gasteiger partial charge on any atom is -0.350 e. The average Bonchev–Trinajstić information content (AvgIpc) is 2.29. The molecule has 100 valence electrons. The normalized spacial score (nSPS) is 11.4.